The number of nitrogens with one attached hydrogen (secondary N) is 1. The molecule has 0 aromatic carbocycles. The monoisotopic (exact) mass is 310 g/mol. The molecule has 5 nitrogen and oxygen atoms in total. The van der Waals surface area contributed by atoms with E-state index in [0.717, 1.165) is 4.88 Å². The van der Waals surface area contributed by atoms with Gasteiger partial charge in [-0.05, 0) is 24.8 Å². The minimum Gasteiger partial charge on any atom is -0.480 e. The van der Waals surface area contributed by atoms with Crippen LogP contribution >= 0.6 is 11.3 Å². The number of carbonyl (C=O) groups is 2. The van der Waals surface area contributed by atoms with E-state index in [1.165, 1.54) is 0 Å². The van der Waals surface area contributed by atoms with Crippen LogP contribution in [0, 0.1) is 0 Å². The highest BCUT2D eigenvalue weighted by Crippen LogP contribution is 2.13. The van der Waals surface area contributed by atoms with Gasteiger partial charge in [-0.1, -0.05) is 19.1 Å². The van der Waals surface area contributed by atoms with Gasteiger partial charge in [-0.2, -0.15) is 0 Å². The topological polar surface area (TPSA) is 69.6 Å². The molecule has 0 aliphatic rings. The first-order valence-corrected chi connectivity index (χ1v) is 7.70. The van der Waals surface area contributed by atoms with Crippen molar-refractivity contribution in [2.45, 2.75) is 32.4 Å². The van der Waals surface area contributed by atoms with Crippen molar-refractivity contribution in [2.24, 2.45) is 0 Å². The molecule has 1 aromatic rings. The molecule has 0 radical (unpaired) electrons. The Hall–Kier alpha value is -1.66. The number of carboxylic acids is 1. The van der Waals surface area contributed by atoms with Gasteiger partial charge >= 0.3 is 5.97 Å². The lowest BCUT2D eigenvalue weighted by Gasteiger charge is -2.27. The molecule has 1 atom stereocenters. The summed E-state index contributed by atoms with van der Waals surface area (Å²) in [6, 6.07) is 3.91. The molecule has 116 valence electrons. The molecular formula is C15H22N2O3S. The summed E-state index contributed by atoms with van der Waals surface area (Å²) >= 11 is 1.58. The average molecular weight is 310 g/mol. The van der Waals surface area contributed by atoms with Crippen molar-refractivity contribution in [3.8, 4) is 0 Å². The van der Waals surface area contributed by atoms with Crippen LogP contribution in [0.4, 0.5) is 0 Å². The van der Waals surface area contributed by atoms with Crippen LogP contribution in [0.25, 0.3) is 0 Å². The molecule has 0 saturated carbocycles. The minimum absolute atomic E-state index is 0.00411. The Bertz CT molecular complexity index is 487. The van der Waals surface area contributed by atoms with Crippen LogP contribution in [0.15, 0.2) is 30.2 Å². The van der Waals surface area contributed by atoms with Gasteiger partial charge in [0.2, 0.25) is 5.91 Å². The van der Waals surface area contributed by atoms with Gasteiger partial charge < -0.3 is 10.0 Å². The Kier molecular flexibility index (Phi) is 6.58. The zero-order chi connectivity index (χ0) is 15.9. The molecular weight excluding hydrogens is 288 g/mol. The number of rotatable bonds is 9. The summed E-state index contributed by atoms with van der Waals surface area (Å²) in [5.41, 5.74) is -1.08. The van der Waals surface area contributed by atoms with Gasteiger partial charge in [0.15, 0.2) is 0 Å². The van der Waals surface area contributed by atoms with Crippen LogP contribution in [-0.2, 0) is 16.1 Å². The number of hydrogen-bond donors (Lipinski definition) is 2. The molecule has 1 amide bonds. The minimum atomic E-state index is -1.08. The molecule has 1 aromatic heterocycles. The highest BCUT2D eigenvalue weighted by molar-refractivity contribution is 7.09. The van der Waals surface area contributed by atoms with E-state index in [0.29, 0.717) is 19.5 Å². The first-order valence-electron chi connectivity index (χ1n) is 6.82. The third-order valence-electron chi connectivity index (χ3n) is 3.44. The van der Waals surface area contributed by atoms with Crippen molar-refractivity contribution >= 4 is 23.2 Å². The lowest BCUT2D eigenvalue weighted by Crippen LogP contribution is -2.52. The standard InChI is InChI=1S/C15H22N2O3S/c1-4-8-17(11-12-7-6-9-21-12)13(18)10-16-15(3,5-2)14(19)20/h4,6-7,9,16H,1,5,8,10-11H2,2-3H3,(H,19,20). The molecule has 0 spiro atoms. The van der Waals surface area contributed by atoms with Crippen molar-refractivity contribution in [1.29, 1.82) is 0 Å². The summed E-state index contributed by atoms with van der Waals surface area (Å²) in [6.45, 7) is 7.97. The van der Waals surface area contributed by atoms with E-state index in [-0.39, 0.29) is 12.5 Å². The second kappa shape index (κ2) is 7.95. The molecule has 1 unspecified atom stereocenters. The van der Waals surface area contributed by atoms with Gasteiger partial charge in [0.05, 0.1) is 13.1 Å². The van der Waals surface area contributed by atoms with Crippen LogP contribution < -0.4 is 5.32 Å². The summed E-state index contributed by atoms with van der Waals surface area (Å²) in [6.07, 6.45) is 2.07. The number of nitrogens with zero attached hydrogens (tertiary/aromatic N) is 1. The second-order valence-corrected chi connectivity index (χ2v) is 6.02. The summed E-state index contributed by atoms with van der Waals surface area (Å²) < 4.78 is 0. The van der Waals surface area contributed by atoms with Crippen molar-refractivity contribution in [3.63, 3.8) is 0 Å². The number of carboxylic acid groups (broad SMARTS) is 1. The van der Waals surface area contributed by atoms with Gasteiger partial charge in [0.1, 0.15) is 5.54 Å². The van der Waals surface area contributed by atoms with E-state index < -0.39 is 11.5 Å². The van der Waals surface area contributed by atoms with Crippen molar-refractivity contribution in [2.75, 3.05) is 13.1 Å². The molecule has 0 aliphatic carbocycles. The molecule has 0 aliphatic heterocycles. The Labute approximate surface area is 129 Å². The molecule has 2 N–H and O–H groups in total. The van der Waals surface area contributed by atoms with Crippen molar-refractivity contribution in [1.82, 2.24) is 10.2 Å². The smallest absolute Gasteiger partial charge is 0.323 e. The fourth-order valence-electron chi connectivity index (χ4n) is 1.74. The van der Waals surface area contributed by atoms with Crippen molar-refractivity contribution in [3.05, 3.63) is 35.0 Å². The summed E-state index contributed by atoms with van der Waals surface area (Å²) in [4.78, 5) is 26.2. The highest BCUT2D eigenvalue weighted by Gasteiger charge is 2.31. The molecule has 21 heavy (non-hydrogen) atoms. The molecule has 1 heterocycles. The first-order chi connectivity index (χ1) is 9.92. The van der Waals surface area contributed by atoms with Gasteiger partial charge in [0, 0.05) is 11.4 Å². The molecule has 0 fully saturated rings. The number of carbonyl (C=O) groups excluding carboxylic acids is 1. The summed E-state index contributed by atoms with van der Waals surface area (Å²) in [5.74, 6) is -1.09. The third-order valence-corrected chi connectivity index (χ3v) is 4.30. The zero-order valence-electron chi connectivity index (χ0n) is 12.5. The normalized spacial score (nSPS) is 13.4. The van der Waals surface area contributed by atoms with Crippen LogP contribution in [0.2, 0.25) is 0 Å². The Balaban J connectivity index is 2.64. The maximum Gasteiger partial charge on any atom is 0.323 e. The first kappa shape index (κ1) is 17.4. The average Bonchev–Trinajstić information content (AvgIpc) is 2.96. The molecule has 0 saturated heterocycles. The fourth-order valence-corrected chi connectivity index (χ4v) is 2.45. The quantitative estimate of drug-likeness (QED) is 0.685. The lowest BCUT2D eigenvalue weighted by molar-refractivity contribution is -0.144. The SMILES string of the molecule is C=CCN(Cc1cccs1)C(=O)CNC(C)(CC)C(=O)O. The van der Waals surface area contributed by atoms with E-state index in [9.17, 15) is 14.7 Å². The van der Waals surface area contributed by atoms with E-state index in [4.69, 9.17) is 0 Å². The van der Waals surface area contributed by atoms with Gasteiger partial charge in [-0.3, -0.25) is 14.9 Å². The maximum absolute atomic E-state index is 12.3. The molecule has 1 rings (SSSR count). The summed E-state index contributed by atoms with van der Waals surface area (Å²) in [7, 11) is 0. The lowest BCUT2D eigenvalue weighted by atomic mass is 9.99. The van der Waals surface area contributed by atoms with Crippen molar-refractivity contribution < 1.29 is 14.7 Å². The predicted molar refractivity (Wildman–Crippen MR) is 84.3 cm³/mol. The van der Waals surface area contributed by atoms with Crippen LogP contribution in [-0.4, -0.2) is 40.5 Å². The van der Waals surface area contributed by atoms with E-state index in [1.54, 1.807) is 36.2 Å². The number of amides is 1. The molecule has 0 bridgehead atoms. The largest absolute Gasteiger partial charge is 0.480 e. The predicted octanol–water partition coefficient (Wildman–Crippen LogP) is 2.11. The third kappa shape index (κ3) is 4.99. The van der Waals surface area contributed by atoms with E-state index in [2.05, 4.69) is 11.9 Å². The fraction of sp³-hybridized carbons (Fsp3) is 0.467. The second-order valence-electron chi connectivity index (χ2n) is 4.99. The Morgan fingerprint density at radius 2 is 2.29 bits per heavy atom. The number of thiophene rings is 1. The van der Waals surface area contributed by atoms with Crippen LogP contribution in [0.1, 0.15) is 25.1 Å². The summed E-state index contributed by atoms with van der Waals surface area (Å²) in [5, 5.41) is 14.0. The zero-order valence-corrected chi connectivity index (χ0v) is 13.3. The number of hydrogen-bond acceptors (Lipinski definition) is 4. The van der Waals surface area contributed by atoms with E-state index in [1.807, 2.05) is 17.5 Å². The number of aliphatic carboxylic acids is 1. The van der Waals surface area contributed by atoms with Crippen LogP contribution in [0.3, 0.4) is 0 Å². The Morgan fingerprint density at radius 1 is 1.57 bits per heavy atom. The van der Waals surface area contributed by atoms with Gasteiger partial charge in [-0.15, -0.1) is 17.9 Å². The maximum atomic E-state index is 12.3. The molecule has 6 heteroatoms. The Morgan fingerprint density at radius 3 is 2.76 bits per heavy atom. The van der Waals surface area contributed by atoms with Gasteiger partial charge in [-0.25, -0.2) is 0 Å². The van der Waals surface area contributed by atoms with E-state index >= 15 is 0 Å². The van der Waals surface area contributed by atoms with Gasteiger partial charge in [0.25, 0.3) is 0 Å². The van der Waals surface area contributed by atoms with Crippen LogP contribution in [0.5, 0.6) is 0 Å². The highest BCUT2D eigenvalue weighted by atomic mass is 32.1.